The van der Waals surface area contributed by atoms with Crippen molar-refractivity contribution in [2.24, 2.45) is 0 Å². The summed E-state index contributed by atoms with van der Waals surface area (Å²) in [6.45, 7) is 16.0. The predicted octanol–water partition coefficient (Wildman–Crippen LogP) is 0.381. The van der Waals surface area contributed by atoms with E-state index in [-0.39, 0.29) is 24.4 Å². The first-order valence-electron chi connectivity index (χ1n) is 11.7. The number of carboxylic acids is 2. The maximum absolute atomic E-state index is 9.60. The van der Waals surface area contributed by atoms with Crippen LogP contribution in [0.2, 0.25) is 0 Å². The number of rotatable bonds is 24. The van der Waals surface area contributed by atoms with E-state index in [0.717, 1.165) is 0 Å². The minimum atomic E-state index is -0.935. The van der Waals surface area contributed by atoms with Gasteiger partial charge in [-0.05, 0) is 13.8 Å². The molecule has 0 aromatic carbocycles. The standard InChI is InChI=1S/C16H34O9.2C4H6O2/c17-1-3-19-5-7-21-9-11-23-13-15-25-16-14-24-12-10-22-8-6-20-4-2-18;2*1-3(2)4(5)6/h17-18H,1-16H2;2*1H2,2H3,(H,5,6). The molecule has 0 fully saturated rings. The molecule has 0 aromatic rings. The molecule has 13 heteroatoms. The lowest BCUT2D eigenvalue weighted by atomic mass is 10.4. The van der Waals surface area contributed by atoms with Crippen LogP contribution in [0.15, 0.2) is 24.3 Å². The first-order valence-corrected chi connectivity index (χ1v) is 11.7. The minimum Gasteiger partial charge on any atom is -0.478 e. The molecular formula is C24H46O13. The van der Waals surface area contributed by atoms with Crippen molar-refractivity contribution in [1.29, 1.82) is 0 Å². The van der Waals surface area contributed by atoms with E-state index in [1.165, 1.54) is 13.8 Å². The summed E-state index contributed by atoms with van der Waals surface area (Å²) in [4.78, 5) is 19.2. The Kier molecular flexibility index (Phi) is 36.4. The molecule has 0 bridgehead atoms. The molecule has 0 aliphatic rings. The summed E-state index contributed by atoms with van der Waals surface area (Å²) in [6, 6.07) is 0. The lowest BCUT2D eigenvalue weighted by molar-refractivity contribution is -0.133. The summed E-state index contributed by atoms with van der Waals surface area (Å²) in [7, 11) is 0. The summed E-state index contributed by atoms with van der Waals surface area (Å²) in [5.74, 6) is -1.87. The smallest absolute Gasteiger partial charge is 0.330 e. The third-order valence-corrected chi connectivity index (χ3v) is 3.43. The van der Waals surface area contributed by atoms with Crippen molar-refractivity contribution in [3.63, 3.8) is 0 Å². The van der Waals surface area contributed by atoms with Gasteiger partial charge in [-0.1, -0.05) is 13.2 Å². The number of carbonyl (C=O) groups is 2. The molecule has 220 valence electrons. The van der Waals surface area contributed by atoms with Gasteiger partial charge in [0.1, 0.15) is 0 Å². The Labute approximate surface area is 219 Å². The first kappa shape index (κ1) is 39.6. The SMILES string of the molecule is C=C(C)C(=O)O.C=C(C)C(=O)O.OCCOCCOCCOCCOCCOCCOCCOCCO. The largest absolute Gasteiger partial charge is 0.478 e. The third-order valence-electron chi connectivity index (χ3n) is 3.43. The van der Waals surface area contributed by atoms with E-state index in [1.807, 2.05) is 0 Å². The Bertz CT molecular complexity index is 471. The summed E-state index contributed by atoms with van der Waals surface area (Å²) in [6.07, 6.45) is 0. The molecule has 0 saturated carbocycles. The van der Waals surface area contributed by atoms with E-state index in [2.05, 4.69) is 13.2 Å². The quantitative estimate of drug-likeness (QED) is 0.0972. The average Bonchev–Trinajstić information content (AvgIpc) is 2.85. The minimum absolute atomic E-state index is 0.0312. The highest BCUT2D eigenvalue weighted by Gasteiger charge is 1.94. The van der Waals surface area contributed by atoms with Crippen LogP contribution in [-0.2, 0) is 42.7 Å². The Morgan fingerprint density at radius 1 is 0.459 bits per heavy atom. The van der Waals surface area contributed by atoms with Crippen molar-refractivity contribution in [1.82, 2.24) is 0 Å². The van der Waals surface area contributed by atoms with E-state index in [0.29, 0.717) is 92.5 Å². The molecule has 13 nitrogen and oxygen atoms in total. The van der Waals surface area contributed by atoms with Crippen molar-refractivity contribution < 1.29 is 63.2 Å². The van der Waals surface area contributed by atoms with E-state index < -0.39 is 11.9 Å². The molecule has 0 aliphatic carbocycles. The molecule has 0 amide bonds. The molecule has 0 unspecified atom stereocenters. The molecule has 4 N–H and O–H groups in total. The van der Waals surface area contributed by atoms with Crippen LogP contribution in [0.4, 0.5) is 0 Å². The molecule has 0 saturated heterocycles. The number of aliphatic carboxylic acids is 2. The van der Waals surface area contributed by atoms with Crippen molar-refractivity contribution in [3.8, 4) is 0 Å². The van der Waals surface area contributed by atoms with Gasteiger partial charge in [0.15, 0.2) is 0 Å². The van der Waals surface area contributed by atoms with Gasteiger partial charge in [0.05, 0.1) is 106 Å². The number of carboxylic acid groups (broad SMARTS) is 2. The highest BCUT2D eigenvalue weighted by atomic mass is 16.6. The molecule has 0 aliphatic heterocycles. The van der Waals surface area contributed by atoms with Gasteiger partial charge < -0.3 is 53.6 Å². The van der Waals surface area contributed by atoms with Gasteiger partial charge in [-0.2, -0.15) is 0 Å². The number of aliphatic hydroxyl groups excluding tert-OH is 2. The Hall–Kier alpha value is -1.94. The van der Waals surface area contributed by atoms with Crippen LogP contribution < -0.4 is 0 Å². The number of aliphatic hydroxyl groups is 2. The fourth-order valence-electron chi connectivity index (χ4n) is 1.55. The Morgan fingerprint density at radius 2 is 0.595 bits per heavy atom. The van der Waals surface area contributed by atoms with Gasteiger partial charge in [0, 0.05) is 11.1 Å². The topological polar surface area (TPSA) is 180 Å². The molecule has 0 radical (unpaired) electrons. The second-order valence-corrected chi connectivity index (χ2v) is 6.90. The summed E-state index contributed by atoms with van der Waals surface area (Å²) in [5, 5.41) is 32.8. The zero-order chi connectivity index (χ0) is 28.6. The number of ether oxygens (including phenoxy) is 7. The lowest BCUT2D eigenvalue weighted by Gasteiger charge is -2.08. The van der Waals surface area contributed by atoms with Crippen molar-refractivity contribution in [2.45, 2.75) is 13.8 Å². The van der Waals surface area contributed by atoms with Crippen LogP contribution in [-0.4, -0.2) is 138 Å². The summed E-state index contributed by atoms with van der Waals surface area (Å²) >= 11 is 0. The predicted molar refractivity (Wildman–Crippen MR) is 135 cm³/mol. The zero-order valence-electron chi connectivity index (χ0n) is 22.2. The highest BCUT2D eigenvalue weighted by molar-refractivity contribution is 5.85. The molecular weight excluding hydrogens is 496 g/mol. The fourth-order valence-corrected chi connectivity index (χ4v) is 1.55. The van der Waals surface area contributed by atoms with Gasteiger partial charge in [0.2, 0.25) is 0 Å². The average molecular weight is 543 g/mol. The Balaban J connectivity index is -0.000000790. The van der Waals surface area contributed by atoms with E-state index in [4.69, 9.17) is 53.6 Å². The number of hydrogen-bond donors (Lipinski definition) is 4. The molecule has 37 heavy (non-hydrogen) atoms. The monoisotopic (exact) mass is 542 g/mol. The van der Waals surface area contributed by atoms with Crippen molar-refractivity contribution in [2.75, 3.05) is 106 Å². The number of hydrogen-bond acceptors (Lipinski definition) is 11. The Morgan fingerprint density at radius 3 is 0.703 bits per heavy atom. The molecule has 0 spiro atoms. The third kappa shape index (κ3) is 44.5. The van der Waals surface area contributed by atoms with E-state index in [9.17, 15) is 9.59 Å². The van der Waals surface area contributed by atoms with Crippen LogP contribution in [0.1, 0.15) is 13.8 Å². The van der Waals surface area contributed by atoms with Gasteiger partial charge >= 0.3 is 11.9 Å². The van der Waals surface area contributed by atoms with Gasteiger partial charge in [-0.3, -0.25) is 0 Å². The molecule has 0 atom stereocenters. The van der Waals surface area contributed by atoms with Crippen LogP contribution in [0.5, 0.6) is 0 Å². The first-order chi connectivity index (χ1) is 17.7. The summed E-state index contributed by atoms with van der Waals surface area (Å²) < 4.78 is 36.7. The highest BCUT2D eigenvalue weighted by Crippen LogP contribution is 1.85. The van der Waals surface area contributed by atoms with Crippen molar-refractivity contribution >= 4 is 11.9 Å². The van der Waals surface area contributed by atoms with E-state index >= 15 is 0 Å². The second-order valence-electron chi connectivity index (χ2n) is 6.90. The normalized spacial score (nSPS) is 10.1. The van der Waals surface area contributed by atoms with Gasteiger partial charge in [-0.25, -0.2) is 9.59 Å². The van der Waals surface area contributed by atoms with Crippen LogP contribution in [0.3, 0.4) is 0 Å². The van der Waals surface area contributed by atoms with Gasteiger partial charge in [-0.15, -0.1) is 0 Å². The molecule has 0 rings (SSSR count). The maximum atomic E-state index is 9.60. The summed E-state index contributed by atoms with van der Waals surface area (Å²) in [5.41, 5.74) is 0.352. The molecule has 0 heterocycles. The maximum Gasteiger partial charge on any atom is 0.330 e. The van der Waals surface area contributed by atoms with E-state index in [1.54, 1.807) is 0 Å². The zero-order valence-corrected chi connectivity index (χ0v) is 22.2. The van der Waals surface area contributed by atoms with Crippen molar-refractivity contribution in [3.05, 3.63) is 24.3 Å². The van der Waals surface area contributed by atoms with Crippen LogP contribution in [0.25, 0.3) is 0 Å². The van der Waals surface area contributed by atoms with Gasteiger partial charge in [0.25, 0.3) is 0 Å². The fraction of sp³-hybridized carbons (Fsp3) is 0.750. The lowest BCUT2D eigenvalue weighted by Crippen LogP contribution is -2.14. The van der Waals surface area contributed by atoms with Crippen LogP contribution >= 0.6 is 0 Å². The second kappa shape index (κ2) is 34.1. The van der Waals surface area contributed by atoms with Crippen LogP contribution in [0, 0.1) is 0 Å². The molecule has 0 aromatic heterocycles.